The summed E-state index contributed by atoms with van der Waals surface area (Å²) in [6.07, 6.45) is 2.51. The fourth-order valence-corrected chi connectivity index (χ4v) is 4.09. The van der Waals surface area contributed by atoms with Crippen molar-refractivity contribution in [2.24, 2.45) is 17.3 Å². The van der Waals surface area contributed by atoms with Gasteiger partial charge in [-0.15, -0.1) is 0 Å². The highest BCUT2D eigenvalue weighted by Gasteiger charge is 2.43. The smallest absolute Gasteiger partial charge is 0.211 e. The van der Waals surface area contributed by atoms with E-state index < -0.39 is 10.0 Å². The number of fused-ring (bicyclic) bond motifs is 1. The summed E-state index contributed by atoms with van der Waals surface area (Å²) in [5.41, 5.74) is 0.370. The van der Waals surface area contributed by atoms with Crippen molar-refractivity contribution in [2.75, 3.05) is 39.0 Å². The van der Waals surface area contributed by atoms with Crippen LogP contribution in [0.15, 0.2) is 0 Å². The average Bonchev–Trinajstić information content (AvgIpc) is 2.73. The van der Waals surface area contributed by atoms with Crippen LogP contribution in [0.2, 0.25) is 0 Å². The molecule has 4 nitrogen and oxygen atoms in total. The van der Waals surface area contributed by atoms with Crippen LogP contribution in [0.5, 0.6) is 0 Å². The standard InChI is InChI=1S/C13H26N2O2S/c1-5-13(2,3)10-14-6-11-8-15(18(4,16)17)9-12(11)7-14/h11-12H,5-10H2,1-4H3. The Hall–Kier alpha value is -0.130. The first-order chi connectivity index (χ1) is 8.21. The Morgan fingerprint density at radius 3 is 2.00 bits per heavy atom. The quantitative estimate of drug-likeness (QED) is 0.774. The van der Waals surface area contributed by atoms with Crippen LogP contribution < -0.4 is 0 Å². The van der Waals surface area contributed by atoms with Gasteiger partial charge in [-0.05, 0) is 23.7 Å². The lowest BCUT2D eigenvalue weighted by molar-refractivity contribution is 0.189. The minimum atomic E-state index is -2.99. The molecule has 0 amide bonds. The Morgan fingerprint density at radius 2 is 1.61 bits per heavy atom. The van der Waals surface area contributed by atoms with E-state index in [-0.39, 0.29) is 0 Å². The highest BCUT2D eigenvalue weighted by molar-refractivity contribution is 7.88. The second-order valence-electron chi connectivity index (χ2n) is 6.81. The lowest BCUT2D eigenvalue weighted by Gasteiger charge is -2.30. The first-order valence-electron chi connectivity index (χ1n) is 6.89. The molecule has 106 valence electrons. The van der Waals surface area contributed by atoms with Crippen molar-refractivity contribution in [2.45, 2.75) is 27.2 Å². The molecule has 2 rings (SSSR count). The number of sulfonamides is 1. The Kier molecular flexibility index (Phi) is 3.78. The molecule has 18 heavy (non-hydrogen) atoms. The maximum Gasteiger partial charge on any atom is 0.211 e. The molecule has 0 N–H and O–H groups in total. The highest BCUT2D eigenvalue weighted by atomic mass is 32.2. The molecule has 0 saturated carbocycles. The van der Waals surface area contributed by atoms with Crippen LogP contribution in [0, 0.1) is 17.3 Å². The normalized spacial score (nSPS) is 30.9. The van der Waals surface area contributed by atoms with E-state index in [4.69, 9.17) is 0 Å². The van der Waals surface area contributed by atoms with E-state index in [1.54, 1.807) is 4.31 Å². The second-order valence-corrected chi connectivity index (χ2v) is 8.79. The molecule has 2 fully saturated rings. The molecular weight excluding hydrogens is 248 g/mol. The Labute approximate surface area is 111 Å². The minimum Gasteiger partial charge on any atom is -0.302 e. The summed E-state index contributed by atoms with van der Waals surface area (Å²) in [6, 6.07) is 0. The third-order valence-electron chi connectivity index (χ3n) is 4.61. The SMILES string of the molecule is CCC(C)(C)CN1CC2CN(S(C)(=O)=O)CC2C1. The lowest BCUT2D eigenvalue weighted by Crippen LogP contribution is -2.36. The summed E-state index contributed by atoms with van der Waals surface area (Å²) < 4.78 is 24.7. The predicted octanol–water partition coefficient (Wildman–Crippen LogP) is 1.25. The van der Waals surface area contributed by atoms with Crippen molar-refractivity contribution in [3.8, 4) is 0 Å². The summed E-state index contributed by atoms with van der Waals surface area (Å²) in [5.74, 6) is 1.10. The zero-order valence-electron chi connectivity index (χ0n) is 12.0. The average molecular weight is 274 g/mol. The van der Waals surface area contributed by atoms with Gasteiger partial charge >= 0.3 is 0 Å². The minimum absolute atomic E-state index is 0.370. The zero-order chi connectivity index (χ0) is 13.6. The van der Waals surface area contributed by atoms with Crippen LogP contribution >= 0.6 is 0 Å². The van der Waals surface area contributed by atoms with Gasteiger partial charge in [0.1, 0.15) is 0 Å². The van der Waals surface area contributed by atoms with Gasteiger partial charge in [0.25, 0.3) is 0 Å². The van der Waals surface area contributed by atoms with Gasteiger partial charge in [0.15, 0.2) is 0 Å². The molecule has 0 radical (unpaired) electrons. The summed E-state index contributed by atoms with van der Waals surface area (Å²) in [6.45, 7) is 11.6. The number of hydrogen-bond acceptors (Lipinski definition) is 3. The molecular formula is C13H26N2O2S. The van der Waals surface area contributed by atoms with Crippen LogP contribution in [0.3, 0.4) is 0 Å². The Morgan fingerprint density at radius 1 is 1.11 bits per heavy atom. The number of hydrogen-bond donors (Lipinski definition) is 0. The predicted molar refractivity (Wildman–Crippen MR) is 73.9 cm³/mol. The van der Waals surface area contributed by atoms with E-state index in [1.807, 2.05) is 0 Å². The Balaban J connectivity index is 1.91. The first-order valence-corrected chi connectivity index (χ1v) is 8.73. The third kappa shape index (κ3) is 3.06. The zero-order valence-corrected chi connectivity index (χ0v) is 12.8. The van der Waals surface area contributed by atoms with Crippen molar-refractivity contribution in [3.05, 3.63) is 0 Å². The van der Waals surface area contributed by atoms with Gasteiger partial charge in [-0.25, -0.2) is 12.7 Å². The molecule has 2 unspecified atom stereocenters. The molecule has 0 aromatic rings. The van der Waals surface area contributed by atoms with E-state index in [9.17, 15) is 8.42 Å². The second kappa shape index (κ2) is 4.76. The molecule has 0 aliphatic carbocycles. The van der Waals surface area contributed by atoms with Crippen molar-refractivity contribution in [1.82, 2.24) is 9.21 Å². The van der Waals surface area contributed by atoms with Gasteiger partial charge in [-0.3, -0.25) is 0 Å². The van der Waals surface area contributed by atoms with Gasteiger partial charge in [0.05, 0.1) is 6.26 Å². The van der Waals surface area contributed by atoms with Crippen LogP contribution in [-0.2, 0) is 10.0 Å². The maximum atomic E-state index is 11.5. The van der Waals surface area contributed by atoms with Crippen molar-refractivity contribution >= 4 is 10.0 Å². The lowest BCUT2D eigenvalue weighted by atomic mass is 9.90. The van der Waals surface area contributed by atoms with E-state index in [0.717, 1.165) is 32.7 Å². The molecule has 0 bridgehead atoms. The first kappa shape index (κ1) is 14.3. The monoisotopic (exact) mass is 274 g/mol. The van der Waals surface area contributed by atoms with E-state index in [2.05, 4.69) is 25.7 Å². The molecule has 2 saturated heterocycles. The topological polar surface area (TPSA) is 40.6 Å². The van der Waals surface area contributed by atoms with Crippen LogP contribution in [0.25, 0.3) is 0 Å². The molecule has 0 aromatic carbocycles. The highest BCUT2D eigenvalue weighted by Crippen LogP contribution is 2.34. The maximum absolute atomic E-state index is 11.5. The molecule has 2 aliphatic heterocycles. The third-order valence-corrected chi connectivity index (χ3v) is 5.84. The molecule has 2 atom stereocenters. The molecule has 0 aromatic heterocycles. The van der Waals surface area contributed by atoms with E-state index >= 15 is 0 Å². The van der Waals surface area contributed by atoms with Crippen molar-refractivity contribution in [1.29, 1.82) is 0 Å². The van der Waals surface area contributed by atoms with E-state index in [0.29, 0.717) is 17.3 Å². The molecule has 0 spiro atoms. The van der Waals surface area contributed by atoms with Crippen molar-refractivity contribution in [3.63, 3.8) is 0 Å². The number of nitrogens with zero attached hydrogens (tertiary/aromatic N) is 2. The number of rotatable bonds is 4. The summed E-state index contributed by atoms with van der Waals surface area (Å²) in [4.78, 5) is 2.53. The number of likely N-dealkylation sites (tertiary alicyclic amines) is 1. The Bertz CT molecular complexity index is 391. The fraction of sp³-hybridized carbons (Fsp3) is 1.00. The molecule has 2 aliphatic rings. The molecule has 2 heterocycles. The van der Waals surface area contributed by atoms with Gasteiger partial charge in [-0.1, -0.05) is 20.8 Å². The van der Waals surface area contributed by atoms with Gasteiger partial charge in [0, 0.05) is 32.7 Å². The van der Waals surface area contributed by atoms with E-state index in [1.165, 1.54) is 12.7 Å². The largest absolute Gasteiger partial charge is 0.302 e. The fourth-order valence-electron chi connectivity index (χ4n) is 3.16. The van der Waals surface area contributed by atoms with Gasteiger partial charge < -0.3 is 4.90 Å². The summed E-state index contributed by atoms with van der Waals surface area (Å²) >= 11 is 0. The van der Waals surface area contributed by atoms with Crippen LogP contribution in [0.4, 0.5) is 0 Å². The van der Waals surface area contributed by atoms with Gasteiger partial charge in [-0.2, -0.15) is 0 Å². The summed E-state index contributed by atoms with van der Waals surface area (Å²) in [7, 11) is -2.99. The van der Waals surface area contributed by atoms with Crippen LogP contribution in [-0.4, -0.2) is 56.6 Å². The van der Waals surface area contributed by atoms with Crippen molar-refractivity contribution < 1.29 is 8.42 Å². The van der Waals surface area contributed by atoms with Crippen LogP contribution in [0.1, 0.15) is 27.2 Å². The molecule has 5 heteroatoms. The summed E-state index contributed by atoms with van der Waals surface area (Å²) in [5, 5.41) is 0. The van der Waals surface area contributed by atoms with Gasteiger partial charge in [0.2, 0.25) is 10.0 Å².